The number of hydrogen-bond donors (Lipinski definition) is 4. The van der Waals surface area contributed by atoms with Gasteiger partial charge in [-0.05, 0) is 60.0 Å². The molecule has 2 heterocycles. The first kappa shape index (κ1) is 23.6. The van der Waals surface area contributed by atoms with Gasteiger partial charge in [-0.25, -0.2) is 4.39 Å². The number of amides is 1. The number of carbonyl (C=O) groups excluding carboxylic acids is 2. The van der Waals surface area contributed by atoms with Crippen LogP contribution in [0.5, 0.6) is 0 Å². The lowest BCUT2D eigenvalue weighted by Crippen LogP contribution is -2.26. The minimum absolute atomic E-state index is 0.0689. The van der Waals surface area contributed by atoms with Gasteiger partial charge in [0, 0.05) is 39.2 Å². The molecule has 1 amide bonds. The van der Waals surface area contributed by atoms with Gasteiger partial charge in [0.05, 0.1) is 11.3 Å². The number of hydrogen-bond acceptors (Lipinski definition) is 3. The smallest absolute Gasteiger partial charge is 0.255 e. The first-order chi connectivity index (χ1) is 17.4. The van der Waals surface area contributed by atoms with Crippen molar-refractivity contribution in [2.45, 2.75) is 6.42 Å². The second-order valence-corrected chi connectivity index (χ2v) is 9.29. The van der Waals surface area contributed by atoms with E-state index in [4.69, 9.17) is 5.73 Å². The van der Waals surface area contributed by atoms with Crippen LogP contribution in [0.4, 0.5) is 10.2 Å². The molecular formula is C28H22BrFN4O2. The van der Waals surface area contributed by atoms with E-state index in [0.29, 0.717) is 29.7 Å². The van der Waals surface area contributed by atoms with Crippen molar-refractivity contribution < 1.29 is 14.0 Å². The normalized spacial score (nSPS) is 11.1. The van der Waals surface area contributed by atoms with Gasteiger partial charge in [0.15, 0.2) is 0 Å². The van der Waals surface area contributed by atoms with Gasteiger partial charge in [-0.2, -0.15) is 0 Å². The highest BCUT2D eigenvalue weighted by atomic mass is 79.9. The number of H-pyrrole nitrogens is 2. The summed E-state index contributed by atoms with van der Waals surface area (Å²) in [6.45, 7) is 0.365. The number of aromatic nitrogens is 2. The van der Waals surface area contributed by atoms with E-state index < -0.39 is 11.7 Å². The van der Waals surface area contributed by atoms with E-state index in [-0.39, 0.29) is 22.9 Å². The van der Waals surface area contributed by atoms with Crippen LogP contribution in [-0.2, 0) is 6.42 Å². The molecule has 5 N–H and O–H groups in total. The molecule has 0 saturated carbocycles. The quantitative estimate of drug-likeness (QED) is 0.193. The molecule has 5 rings (SSSR count). The molecule has 8 heteroatoms. The minimum Gasteiger partial charge on any atom is -0.385 e. The van der Waals surface area contributed by atoms with Crippen molar-refractivity contribution in [3.05, 3.63) is 112 Å². The number of aromatic amines is 2. The molecule has 0 bridgehead atoms. The summed E-state index contributed by atoms with van der Waals surface area (Å²) in [6, 6.07) is 20.5. The standard InChI is InChI=1S/C28H22BrFN4O2/c29-19-9-5-17(6-10-19)26(35)25-23(16-7-11-20(30)12-8-16)24(27(31)34-25)28(36)32-14-13-18-15-33-22-4-2-1-3-21(18)22/h1-12,15,33-34H,13-14,31H2,(H,32,36). The van der Waals surface area contributed by atoms with Gasteiger partial charge in [0.2, 0.25) is 5.78 Å². The summed E-state index contributed by atoms with van der Waals surface area (Å²) in [6.07, 6.45) is 2.54. The number of rotatable bonds is 7. The van der Waals surface area contributed by atoms with Crippen molar-refractivity contribution in [2.75, 3.05) is 12.3 Å². The van der Waals surface area contributed by atoms with Crippen LogP contribution in [0.25, 0.3) is 22.0 Å². The Morgan fingerprint density at radius 3 is 2.44 bits per heavy atom. The largest absolute Gasteiger partial charge is 0.385 e. The van der Waals surface area contributed by atoms with Gasteiger partial charge >= 0.3 is 0 Å². The highest BCUT2D eigenvalue weighted by Gasteiger charge is 2.27. The van der Waals surface area contributed by atoms with Crippen molar-refractivity contribution in [3.63, 3.8) is 0 Å². The molecule has 3 aromatic carbocycles. The topological polar surface area (TPSA) is 104 Å². The molecule has 2 aromatic heterocycles. The maximum absolute atomic E-state index is 13.7. The fourth-order valence-electron chi connectivity index (χ4n) is 4.31. The second kappa shape index (κ2) is 9.83. The van der Waals surface area contributed by atoms with E-state index in [1.54, 1.807) is 24.3 Å². The predicted molar refractivity (Wildman–Crippen MR) is 143 cm³/mol. The average molecular weight is 545 g/mol. The number of nitrogen functional groups attached to an aromatic ring is 1. The number of benzene rings is 3. The Morgan fingerprint density at radius 1 is 0.972 bits per heavy atom. The molecule has 0 spiro atoms. The molecule has 0 radical (unpaired) electrons. The second-order valence-electron chi connectivity index (χ2n) is 8.37. The van der Waals surface area contributed by atoms with E-state index in [1.165, 1.54) is 24.3 Å². The van der Waals surface area contributed by atoms with Crippen molar-refractivity contribution >= 4 is 44.3 Å². The van der Waals surface area contributed by atoms with E-state index >= 15 is 0 Å². The van der Waals surface area contributed by atoms with Crippen LogP contribution in [0.3, 0.4) is 0 Å². The molecule has 0 aliphatic rings. The number of anilines is 1. The number of ketones is 1. The summed E-state index contributed by atoms with van der Waals surface area (Å²) in [5.74, 6) is -1.10. The van der Waals surface area contributed by atoms with E-state index in [2.05, 4.69) is 31.2 Å². The lowest BCUT2D eigenvalue weighted by atomic mass is 9.96. The highest BCUT2D eigenvalue weighted by Crippen LogP contribution is 2.34. The van der Waals surface area contributed by atoms with Gasteiger partial charge in [-0.3, -0.25) is 9.59 Å². The molecule has 0 aliphatic carbocycles. The van der Waals surface area contributed by atoms with Crippen LogP contribution in [0.15, 0.2) is 83.5 Å². The fraction of sp³-hybridized carbons (Fsp3) is 0.0714. The van der Waals surface area contributed by atoms with E-state index in [1.807, 2.05) is 30.5 Å². The zero-order chi connectivity index (χ0) is 25.2. The van der Waals surface area contributed by atoms with Crippen LogP contribution in [0, 0.1) is 5.82 Å². The molecular weight excluding hydrogens is 523 g/mol. The Balaban J connectivity index is 1.46. The molecule has 5 aromatic rings. The minimum atomic E-state index is -0.423. The van der Waals surface area contributed by atoms with Crippen molar-refractivity contribution in [3.8, 4) is 11.1 Å². The Labute approximate surface area is 214 Å². The van der Waals surface area contributed by atoms with Crippen LogP contribution < -0.4 is 11.1 Å². The molecule has 0 fully saturated rings. The van der Waals surface area contributed by atoms with Crippen molar-refractivity contribution in [1.82, 2.24) is 15.3 Å². The van der Waals surface area contributed by atoms with Gasteiger partial charge in [-0.1, -0.05) is 46.3 Å². The number of para-hydroxylation sites is 1. The van der Waals surface area contributed by atoms with E-state index in [0.717, 1.165) is 20.9 Å². The predicted octanol–water partition coefficient (Wildman–Crippen LogP) is 5.85. The van der Waals surface area contributed by atoms with Gasteiger partial charge < -0.3 is 21.0 Å². The third-order valence-electron chi connectivity index (χ3n) is 6.08. The summed E-state index contributed by atoms with van der Waals surface area (Å²) >= 11 is 3.37. The average Bonchev–Trinajstić information content (AvgIpc) is 3.45. The molecule has 0 unspecified atom stereocenters. The van der Waals surface area contributed by atoms with Crippen LogP contribution in [0.2, 0.25) is 0 Å². The van der Waals surface area contributed by atoms with Gasteiger partial charge in [0.1, 0.15) is 11.6 Å². The Bertz CT molecular complexity index is 1570. The summed E-state index contributed by atoms with van der Waals surface area (Å²) in [4.78, 5) is 32.8. The van der Waals surface area contributed by atoms with Crippen molar-refractivity contribution in [2.24, 2.45) is 0 Å². The summed E-state index contributed by atoms with van der Waals surface area (Å²) < 4.78 is 14.5. The van der Waals surface area contributed by atoms with Gasteiger partial charge in [0.25, 0.3) is 5.91 Å². The highest BCUT2D eigenvalue weighted by molar-refractivity contribution is 9.10. The lowest BCUT2D eigenvalue weighted by Gasteiger charge is -2.09. The third kappa shape index (κ3) is 4.55. The molecule has 0 aliphatic heterocycles. The number of halogens is 2. The Morgan fingerprint density at radius 2 is 1.69 bits per heavy atom. The fourth-order valence-corrected chi connectivity index (χ4v) is 4.58. The number of carbonyl (C=O) groups is 2. The van der Waals surface area contributed by atoms with Crippen molar-refractivity contribution in [1.29, 1.82) is 0 Å². The number of nitrogens with one attached hydrogen (secondary N) is 3. The van der Waals surface area contributed by atoms with Crippen LogP contribution in [-0.4, -0.2) is 28.2 Å². The number of fused-ring (bicyclic) bond motifs is 1. The maximum atomic E-state index is 13.7. The van der Waals surface area contributed by atoms with Crippen LogP contribution >= 0.6 is 15.9 Å². The Kier molecular flexibility index (Phi) is 6.43. The Hall–Kier alpha value is -4.17. The maximum Gasteiger partial charge on any atom is 0.255 e. The molecule has 36 heavy (non-hydrogen) atoms. The summed E-state index contributed by atoms with van der Waals surface area (Å²) in [5, 5.41) is 4.02. The number of nitrogens with two attached hydrogens (primary N) is 1. The SMILES string of the molecule is Nc1[nH]c(C(=O)c2ccc(Br)cc2)c(-c2ccc(F)cc2)c1C(=O)NCCc1c[nH]c2ccccc12. The zero-order valence-corrected chi connectivity index (χ0v) is 20.7. The van der Waals surface area contributed by atoms with E-state index in [9.17, 15) is 14.0 Å². The first-order valence-corrected chi connectivity index (χ1v) is 12.1. The lowest BCUT2D eigenvalue weighted by molar-refractivity contribution is 0.0955. The summed E-state index contributed by atoms with van der Waals surface area (Å²) in [7, 11) is 0. The molecule has 180 valence electrons. The summed E-state index contributed by atoms with van der Waals surface area (Å²) in [5.41, 5.74) is 9.94. The van der Waals surface area contributed by atoms with Gasteiger partial charge in [-0.15, -0.1) is 0 Å². The molecule has 0 atom stereocenters. The molecule has 0 saturated heterocycles. The monoisotopic (exact) mass is 544 g/mol. The molecule has 6 nitrogen and oxygen atoms in total. The first-order valence-electron chi connectivity index (χ1n) is 11.3. The zero-order valence-electron chi connectivity index (χ0n) is 19.1. The van der Waals surface area contributed by atoms with Crippen LogP contribution in [0.1, 0.15) is 32.0 Å². The third-order valence-corrected chi connectivity index (χ3v) is 6.61.